The number of aliphatic hydroxyl groups excluding tert-OH is 1. The highest BCUT2D eigenvalue weighted by Gasteiger charge is 2.27. The summed E-state index contributed by atoms with van der Waals surface area (Å²) in [5.41, 5.74) is 0.320. The molecule has 1 aliphatic heterocycles. The van der Waals surface area contributed by atoms with Crippen molar-refractivity contribution in [1.29, 1.82) is 0 Å². The number of aromatic nitrogens is 2. The Kier molecular flexibility index (Phi) is 4.90. The molecule has 0 saturated carbocycles. The number of hydrogen-bond acceptors (Lipinski definition) is 6. The normalized spacial score (nSPS) is 20.6. The van der Waals surface area contributed by atoms with E-state index in [2.05, 4.69) is 4.98 Å². The van der Waals surface area contributed by atoms with Gasteiger partial charge in [-0.05, 0) is 6.07 Å². The van der Waals surface area contributed by atoms with Crippen molar-refractivity contribution < 1.29 is 14.6 Å². The number of carbonyl (C=O) groups excluding carboxylic acids is 1. The zero-order valence-electron chi connectivity index (χ0n) is 12.3. The van der Waals surface area contributed by atoms with Crippen molar-refractivity contribution in [1.82, 2.24) is 9.55 Å². The van der Waals surface area contributed by atoms with Gasteiger partial charge < -0.3 is 9.84 Å². The first-order chi connectivity index (χ1) is 11.2. The largest absolute Gasteiger partial charge is 0.393 e. The molecule has 0 radical (unpaired) electrons. The van der Waals surface area contributed by atoms with E-state index >= 15 is 0 Å². The minimum atomic E-state index is -0.414. The van der Waals surface area contributed by atoms with Gasteiger partial charge in [0.1, 0.15) is 10.8 Å². The Labute approximate surface area is 137 Å². The van der Waals surface area contributed by atoms with Crippen LogP contribution in [0.3, 0.4) is 0 Å². The molecular formula is C16H16N2O4S. The highest BCUT2D eigenvalue weighted by molar-refractivity contribution is 8.00. The zero-order chi connectivity index (χ0) is 16.2. The van der Waals surface area contributed by atoms with Crippen molar-refractivity contribution in [3.8, 4) is 0 Å². The van der Waals surface area contributed by atoms with Crippen LogP contribution in [0.2, 0.25) is 0 Å². The van der Waals surface area contributed by atoms with Crippen LogP contribution in [0, 0.1) is 0 Å². The number of ketones is 1. The van der Waals surface area contributed by atoms with Crippen molar-refractivity contribution in [3.05, 3.63) is 64.3 Å². The first-order valence-corrected chi connectivity index (χ1v) is 8.16. The average Bonchev–Trinajstić information content (AvgIpc) is 3.04. The fraction of sp³-hybridized carbons (Fsp3) is 0.312. The molecule has 2 atom stereocenters. The van der Waals surface area contributed by atoms with Crippen LogP contribution in [0.25, 0.3) is 0 Å². The Hall–Kier alpha value is -1.96. The number of benzene rings is 1. The molecule has 0 spiro atoms. The minimum Gasteiger partial charge on any atom is -0.393 e. The minimum absolute atomic E-state index is 0.0748. The topological polar surface area (TPSA) is 81.4 Å². The van der Waals surface area contributed by atoms with E-state index in [1.165, 1.54) is 16.3 Å². The van der Waals surface area contributed by atoms with Crippen LogP contribution >= 0.6 is 11.8 Å². The molecule has 2 aromatic rings. The molecule has 7 heteroatoms. The van der Waals surface area contributed by atoms with E-state index in [1.54, 1.807) is 36.5 Å². The molecule has 1 N–H and O–H groups in total. The molecule has 6 nitrogen and oxygen atoms in total. The van der Waals surface area contributed by atoms with E-state index in [4.69, 9.17) is 9.84 Å². The van der Waals surface area contributed by atoms with E-state index < -0.39 is 5.69 Å². The molecule has 0 bridgehead atoms. The summed E-state index contributed by atoms with van der Waals surface area (Å²) in [7, 11) is 0. The van der Waals surface area contributed by atoms with Gasteiger partial charge in [0, 0.05) is 11.8 Å². The molecule has 23 heavy (non-hydrogen) atoms. The summed E-state index contributed by atoms with van der Waals surface area (Å²) in [6.45, 7) is 0.257. The second-order valence-corrected chi connectivity index (χ2v) is 6.45. The van der Waals surface area contributed by atoms with Gasteiger partial charge in [-0.2, -0.15) is 4.98 Å². The Morgan fingerprint density at radius 3 is 2.78 bits per heavy atom. The molecule has 1 fully saturated rings. The average molecular weight is 332 g/mol. The third-order valence-electron chi connectivity index (χ3n) is 3.52. The number of carbonyl (C=O) groups is 1. The maximum absolute atomic E-state index is 12.1. The van der Waals surface area contributed by atoms with Crippen LogP contribution < -0.4 is 5.69 Å². The molecule has 0 unspecified atom stereocenters. The van der Waals surface area contributed by atoms with Crippen molar-refractivity contribution in [2.75, 3.05) is 13.2 Å². The number of aliphatic hydroxyl groups is 1. The van der Waals surface area contributed by atoms with Crippen LogP contribution in [-0.4, -0.2) is 39.1 Å². The van der Waals surface area contributed by atoms with E-state index in [0.717, 1.165) is 0 Å². The summed E-state index contributed by atoms with van der Waals surface area (Å²) in [5, 5.41) is 8.86. The van der Waals surface area contributed by atoms with Gasteiger partial charge in [0.2, 0.25) is 0 Å². The maximum Gasteiger partial charge on any atom is 0.348 e. The zero-order valence-corrected chi connectivity index (χ0v) is 13.1. The van der Waals surface area contributed by atoms with Gasteiger partial charge in [0.25, 0.3) is 0 Å². The fourth-order valence-electron chi connectivity index (χ4n) is 2.34. The lowest BCUT2D eigenvalue weighted by Crippen LogP contribution is -2.27. The van der Waals surface area contributed by atoms with Crippen LogP contribution in [-0.2, 0) is 11.2 Å². The number of hydrogen-bond donors (Lipinski definition) is 1. The van der Waals surface area contributed by atoms with Gasteiger partial charge in [-0.15, -0.1) is 11.8 Å². The van der Waals surface area contributed by atoms with Crippen molar-refractivity contribution in [3.63, 3.8) is 0 Å². The predicted molar refractivity (Wildman–Crippen MR) is 86.4 cm³/mol. The molecule has 1 aromatic heterocycles. The third-order valence-corrected chi connectivity index (χ3v) is 4.78. The molecule has 1 aliphatic rings. The van der Waals surface area contributed by atoms with E-state index in [1.807, 2.05) is 6.07 Å². The van der Waals surface area contributed by atoms with Gasteiger partial charge in [0.15, 0.2) is 5.78 Å². The first-order valence-electron chi connectivity index (χ1n) is 7.21. The lowest BCUT2D eigenvalue weighted by atomic mass is 10.1. The summed E-state index contributed by atoms with van der Waals surface area (Å²) in [4.78, 5) is 28.3. The predicted octanol–water partition coefficient (Wildman–Crippen LogP) is 1.25. The maximum atomic E-state index is 12.1. The van der Waals surface area contributed by atoms with Crippen molar-refractivity contribution >= 4 is 17.5 Å². The highest BCUT2D eigenvalue weighted by atomic mass is 32.2. The number of Topliss-reactive ketones (excluding diaryl/α,β-unsaturated/α-hetero) is 1. The Morgan fingerprint density at radius 1 is 1.35 bits per heavy atom. The number of ether oxygens (including phenoxy) is 1. The summed E-state index contributed by atoms with van der Waals surface area (Å²) in [6.07, 6.45) is 1.72. The van der Waals surface area contributed by atoms with Crippen LogP contribution in [0.4, 0.5) is 0 Å². The number of rotatable bonds is 5. The Balaban J connectivity index is 1.72. The molecule has 120 valence electrons. The Bertz CT molecular complexity index is 747. The van der Waals surface area contributed by atoms with Crippen LogP contribution in [0.1, 0.15) is 21.4 Å². The molecule has 0 amide bonds. The van der Waals surface area contributed by atoms with Crippen molar-refractivity contribution in [2.24, 2.45) is 0 Å². The van der Waals surface area contributed by atoms with Gasteiger partial charge in [0.05, 0.1) is 25.3 Å². The van der Waals surface area contributed by atoms with E-state index in [9.17, 15) is 9.59 Å². The van der Waals surface area contributed by atoms with Crippen LogP contribution in [0.15, 0.2) is 47.4 Å². The fourth-order valence-corrected chi connectivity index (χ4v) is 3.38. The van der Waals surface area contributed by atoms with E-state index in [-0.39, 0.29) is 29.6 Å². The van der Waals surface area contributed by atoms with Gasteiger partial charge in [-0.3, -0.25) is 9.36 Å². The summed E-state index contributed by atoms with van der Waals surface area (Å²) in [6, 6.07) is 10.6. The summed E-state index contributed by atoms with van der Waals surface area (Å²) >= 11 is 1.38. The highest BCUT2D eigenvalue weighted by Crippen LogP contribution is 2.34. The third kappa shape index (κ3) is 3.69. The summed E-state index contributed by atoms with van der Waals surface area (Å²) in [5.74, 6) is -0.0748. The lowest BCUT2D eigenvalue weighted by Gasteiger charge is -2.11. The lowest BCUT2D eigenvalue weighted by molar-refractivity contribution is 0.0803. The SMILES string of the molecule is O=C(Cc1ccn([C@@H]2CO[C@H](CO)S2)c(=O)n1)c1ccccc1. The number of thioether (sulfide) groups is 1. The smallest absolute Gasteiger partial charge is 0.348 e. The van der Waals surface area contributed by atoms with Gasteiger partial charge >= 0.3 is 5.69 Å². The van der Waals surface area contributed by atoms with Gasteiger partial charge in [-0.1, -0.05) is 30.3 Å². The molecule has 2 heterocycles. The summed E-state index contributed by atoms with van der Waals surface area (Å²) < 4.78 is 6.82. The molecule has 1 saturated heterocycles. The molecule has 3 rings (SSSR count). The van der Waals surface area contributed by atoms with Crippen molar-refractivity contribution in [2.45, 2.75) is 17.2 Å². The standard InChI is InChI=1S/C16H16N2O4S/c19-9-15-22-10-14(23-15)18-7-6-12(17-16(18)21)8-13(20)11-4-2-1-3-5-11/h1-7,14-15,19H,8-10H2/t14-,15-/m0/s1. The first kappa shape index (κ1) is 15.9. The quantitative estimate of drug-likeness (QED) is 0.830. The monoisotopic (exact) mass is 332 g/mol. The van der Waals surface area contributed by atoms with Gasteiger partial charge in [-0.25, -0.2) is 4.79 Å². The number of nitrogens with zero attached hydrogens (tertiary/aromatic N) is 2. The second-order valence-electron chi connectivity index (χ2n) is 5.11. The second kappa shape index (κ2) is 7.08. The molecular weight excluding hydrogens is 316 g/mol. The Morgan fingerprint density at radius 2 is 2.13 bits per heavy atom. The molecule has 0 aliphatic carbocycles. The van der Waals surface area contributed by atoms with Crippen LogP contribution in [0.5, 0.6) is 0 Å². The molecule has 1 aromatic carbocycles. The van der Waals surface area contributed by atoms with E-state index in [0.29, 0.717) is 17.9 Å².